The van der Waals surface area contributed by atoms with Crippen molar-refractivity contribution in [1.29, 1.82) is 0 Å². The lowest BCUT2D eigenvalue weighted by Crippen LogP contribution is -2.24. The molecular formula is C13H21N3O2S. The number of carbonyl (C=O) groups excluding carboxylic acids is 2. The van der Waals surface area contributed by atoms with Crippen molar-refractivity contribution >= 4 is 28.2 Å². The fraction of sp³-hybridized carbons (Fsp3) is 0.538. The summed E-state index contributed by atoms with van der Waals surface area (Å²) in [6.45, 7) is 4.69. The highest BCUT2D eigenvalue weighted by Crippen LogP contribution is 2.23. The van der Waals surface area contributed by atoms with E-state index < -0.39 is 5.91 Å². The van der Waals surface area contributed by atoms with Crippen LogP contribution in [0.4, 0.5) is 5.00 Å². The van der Waals surface area contributed by atoms with Gasteiger partial charge in [-0.3, -0.25) is 9.59 Å². The van der Waals surface area contributed by atoms with E-state index in [0.717, 1.165) is 6.42 Å². The van der Waals surface area contributed by atoms with E-state index in [4.69, 9.17) is 11.5 Å². The first-order chi connectivity index (χ1) is 8.93. The maximum absolute atomic E-state index is 11.9. The molecule has 0 aromatic carbocycles. The molecule has 1 heterocycles. The van der Waals surface area contributed by atoms with E-state index in [9.17, 15) is 9.59 Å². The van der Waals surface area contributed by atoms with Crippen LogP contribution in [0.25, 0.3) is 0 Å². The van der Waals surface area contributed by atoms with Gasteiger partial charge in [-0.05, 0) is 36.2 Å². The number of carbonyl (C=O) groups is 2. The zero-order valence-electron chi connectivity index (χ0n) is 11.3. The maximum Gasteiger partial charge on any atom is 0.251 e. The van der Waals surface area contributed by atoms with Gasteiger partial charge in [-0.1, -0.05) is 13.8 Å². The number of rotatable bonds is 7. The minimum absolute atomic E-state index is 0.124. The normalized spacial score (nSPS) is 12.4. The lowest BCUT2D eigenvalue weighted by atomic mass is 9.94. The average Bonchev–Trinajstić information content (AvgIpc) is 2.75. The van der Waals surface area contributed by atoms with Crippen molar-refractivity contribution in [3.63, 3.8) is 0 Å². The van der Waals surface area contributed by atoms with Gasteiger partial charge in [0.15, 0.2) is 0 Å². The Kier molecular flexibility index (Phi) is 5.98. The molecule has 19 heavy (non-hydrogen) atoms. The maximum atomic E-state index is 11.9. The van der Waals surface area contributed by atoms with E-state index in [1.54, 1.807) is 11.4 Å². The molecule has 0 spiro atoms. The Bertz CT molecular complexity index is 443. The van der Waals surface area contributed by atoms with Crippen LogP contribution < -0.4 is 16.8 Å². The molecular weight excluding hydrogens is 262 g/mol. The number of amides is 2. The smallest absolute Gasteiger partial charge is 0.251 e. The number of nitrogens with one attached hydrogen (secondary N) is 1. The molecule has 0 unspecified atom stereocenters. The highest BCUT2D eigenvalue weighted by Gasteiger charge is 2.17. The Hall–Kier alpha value is -1.40. The van der Waals surface area contributed by atoms with Crippen molar-refractivity contribution in [1.82, 2.24) is 0 Å². The SMILES string of the molecule is CC(C)C[C@H](CN)CC(=O)Nc1sccc1C(N)=O. The average molecular weight is 283 g/mol. The standard InChI is InChI=1S/C13H21N3O2S/c1-8(2)5-9(7-14)6-11(17)16-13-10(12(15)18)3-4-19-13/h3-4,8-9H,5-7,14H2,1-2H3,(H2,15,18)(H,16,17)/t9-/m0/s1. The highest BCUT2D eigenvalue weighted by atomic mass is 32.1. The van der Waals surface area contributed by atoms with E-state index in [1.165, 1.54) is 11.3 Å². The van der Waals surface area contributed by atoms with E-state index in [0.29, 0.717) is 29.4 Å². The van der Waals surface area contributed by atoms with Gasteiger partial charge in [0.1, 0.15) is 5.00 Å². The quantitative estimate of drug-likeness (QED) is 0.711. The van der Waals surface area contributed by atoms with Crippen LogP contribution in [0.15, 0.2) is 11.4 Å². The first kappa shape index (κ1) is 15.7. The van der Waals surface area contributed by atoms with Crippen molar-refractivity contribution in [2.24, 2.45) is 23.3 Å². The van der Waals surface area contributed by atoms with Crippen LogP contribution in [-0.2, 0) is 4.79 Å². The Labute approximate surface area is 117 Å². The van der Waals surface area contributed by atoms with Crippen LogP contribution in [0.1, 0.15) is 37.0 Å². The van der Waals surface area contributed by atoms with Gasteiger partial charge >= 0.3 is 0 Å². The van der Waals surface area contributed by atoms with Gasteiger partial charge in [0, 0.05) is 6.42 Å². The summed E-state index contributed by atoms with van der Waals surface area (Å²) in [5.74, 6) is 0.0106. The summed E-state index contributed by atoms with van der Waals surface area (Å²) in [4.78, 5) is 23.1. The highest BCUT2D eigenvalue weighted by molar-refractivity contribution is 7.14. The molecule has 0 aliphatic rings. The lowest BCUT2D eigenvalue weighted by molar-refractivity contribution is -0.117. The van der Waals surface area contributed by atoms with Crippen molar-refractivity contribution in [2.45, 2.75) is 26.7 Å². The first-order valence-corrected chi connectivity index (χ1v) is 7.19. The van der Waals surface area contributed by atoms with Crippen LogP contribution in [0.2, 0.25) is 0 Å². The molecule has 5 nitrogen and oxygen atoms in total. The summed E-state index contributed by atoms with van der Waals surface area (Å²) in [6, 6.07) is 1.61. The molecule has 1 rings (SSSR count). The lowest BCUT2D eigenvalue weighted by Gasteiger charge is -2.16. The molecule has 0 bridgehead atoms. The predicted octanol–water partition coefficient (Wildman–Crippen LogP) is 1.80. The number of thiophene rings is 1. The molecule has 2 amide bonds. The molecule has 0 radical (unpaired) electrons. The van der Waals surface area contributed by atoms with E-state index in [1.807, 2.05) is 0 Å². The van der Waals surface area contributed by atoms with Gasteiger partial charge in [-0.15, -0.1) is 11.3 Å². The van der Waals surface area contributed by atoms with E-state index >= 15 is 0 Å². The molecule has 0 saturated heterocycles. The minimum Gasteiger partial charge on any atom is -0.366 e. The van der Waals surface area contributed by atoms with Crippen LogP contribution in [-0.4, -0.2) is 18.4 Å². The summed E-state index contributed by atoms with van der Waals surface area (Å²) in [5, 5.41) is 4.97. The molecule has 106 valence electrons. The number of hydrogen-bond donors (Lipinski definition) is 3. The number of nitrogens with two attached hydrogens (primary N) is 2. The zero-order valence-corrected chi connectivity index (χ0v) is 12.1. The largest absolute Gasteiger partial charge is 0.366 e. The summed E-state index contributed by atoms with van der Waals surface area (Å²) >= 11 is 1.29. The van der Waals surface area contributed by atoms with E-state index in [-0.39, 0.29) is 11.8 Å². The van der Waals surface area contributed by atoms with Gasteiger partial charge in [0.05, 0.1) is 5.56 Å². The van der Waals surface area contributed by atoms with Crippen molar-refractivity contribution in [3.05, 3.63) is 17.0 Å². The zero-order chi connectivity index (χ0) is 14.4. The predicted molar refractivity (Wildman–Crippen MR) is 78.1 cm³/mol. The molecule has 6 heteroatoms. The fourth-order valence-corrected chi connectivity index (χ4v) is 2.78. The van der Waals surface area contributed by atoms with Crippen LogP contribution in [0, 0.1) is 11.8 Å². The van der Waals surface area contributed by atoms with Crippen LogP contribution in [0.5, 0.6) is 0 Å². The first-order valence-electron chi connectivity index (χ1n) is 6.31. The molecule has 0 fully saturated rings. The summed E-state index contributed by atoms with van der Waals surface area (Å²) < 4.78 is 0. The van der Waals surface area contributed by atoms with Crippen LogP contribution >= 0.6 is 11.3 Å². The van der Waals surface area contributed by atoms with Gasteiger partial charge in [-0.25, -0.2) is 0 Å². The van der Waals surface area contributed by atoms with Gasteiger partial charge in [-0.2, -0.15) is 0 Å². The number of anilines is 1. The molecule has 1 atom stereocenters. The van der Waals surface area contributed by atoms with Gasteiger partial charge in [0.25, 0.3) is 5.91 Å². The Morgan fingerprint density at radius 3 is 2.63 bits per heavy atom. The molecule has 1 aromatic heterocycles. The molecule has 0 aliphatic heterocycles. The molecule has 0 aliphatic carbocycles. The summed E-state index contributed by atoms with van der Waals surface area (Å²) in [7, 11) is 0. The number of hydrogen-bond acceptors (Lipinski definition) is 4. The second-order valence-corrected chi connectivity index (χ2v) is 5.93. The van der Waals surface area contributed by atoms with Crippen molar-refractivity contribution in [2.75, 3.05) is 11.9 Å². The monoisotopic (exact) mass is 283 g/mol. The fourth-order valence-electron chi connectivity index (χ4n) is 1.97. The molecule has 5 N–H and O–H groups in total. The topological polar surface area (TPSA) is 98.2 Å². The second-order valence-electron chi connectivity index (χ2n) is 5.01. The molecule has 0 saturated carbocycles. The second kappa shape index (κ2) is 7.25. The third kappa shape index (κ3) is 5.00. The number of primary amides is 1. The third-order valence-electron chi connectivity index (χ3n) is 2.80. The summed E-state index contributed by atoms with van der Waals surface area (Å²) in [5.41, 5.74) is 11.2. The van der Waals surface area contributed by atoms with Crippen molar-refractivity contribution < 1.29 is 9.59 Å². The molecule has 1 aromatic rings. The van der Waals surface area contributed by atoms with Crippen LogP contribution in [0.3, 0.4) is 0 Å². The van der Waals surface area contributed by atoms with Gasteiger partial charge < -0.3 is 16.8 Å². The Morgan fingerprint density at radius 2 is 2.11 bits per heavy atom. The van der Waals surface area contributed by atoms with E-state index in [2.05, 4.69) is 19.2 Å². The summed E-state index contributed by atoms with van der Waals surface area (Å²) in [6.07, 6.45) is 1.28. The third-order valence-corrected chi connectivity index (χ3v) is 3.63. The van der Waals surface area contributed by atoms with Gasteiger partial charge in [0.2, 0.25) is 5.91 Å². The van der Waals surface area contributed by atoms with Crippen molar-refractivity contribution in [3.8, 4) is 0 Å². The minimum atomic E-state index is -0.533. The Morgan fingerprint density at radius 1 is 1.42 bits per heavy atom. The Balaban J connectivity index is 2.59.